The van der Waals surface area contributed by atoms with E-state index in [2.05, 4.69) is 10.1 Å². The molecule has 0 saturated carbocycles. The third kappa shape index (κ3) is 7.04. The van der Waals surface area contributed by atoms with Crippen LogP contribution < -0.4 is 15.8 Å². The molecule has 1 aromatic carbocycles. The molecule has 0 bridgehead atoms. The lowest BCUT2D eigenvalue weighted by Crippen LogP contribution is -2.29. The lowest BCUT2D eigenvalue weighted by atomic mass is 10.0. The molecule has 4 nitrogen and oxygen atoms in total. The smallest absolute Gasteiger partial charge is 0.387 e. The average Bonchev–Trinajstić information content (AvgIpc) is 2.46. The monoisotopic (exact) mass is 300 g/mol. The van der Waals surface area contributed by atoms with E-state index in [1.54, 1.807) is 12.1 Å². The van der Waals surface area contributed by atoms with Crippen molar-refractivity contribution in [3.05, 3.63) is 29.8 Å². The van der Waals surface area contributed by atoms with Crippen LogP contribution in [0.5, 0.6) is 5.75 Å². The van der Waals surface area contributed by atoms with Gasteiger partial charge in [0.15, 0.2) is 0 Å². The number of ether oxygens (including phenoxy) is 1. The second-order valence-electron chi connectivity index (χ2n) is 4.84. The quantitative estimate of drug-likeness (QED) is 0.735. The van der Waals surface area contributed by atoms with Gasteiger partial charge in [-0.2, -0.15) is 8.78 Å². The van der Waals surface area contributed by atoms with Gasteiger partial charge in [0.25, 0.3) is 0 Å². The molecule has 1 unspecified atom stereocenters. The van der Waals surface area contributed by atoms with Crippen LogP contribution in [0.2, 0.25) is 0 Å². The number of benzene rings is 1. The number of nitrogens with one attached hydrogen (secondary N) is 1. The first kappa shape index (κ1) is 17.4. The van der Waals surface area contributed by atoms with Crippen molar-refractivity contribution in [2.24, 2.45) is 11.7 Å². The summed E-state index contributed by atoms with van der Waals surface area (Å²) in [5.74, 6) is 0.340. The summed E-state index contributed by atoms with van der Waals surface area (Å²) < 4.78 is 28.3. The topological polar surface area (TPSA) is 64.4 Å². The molecule has 1 aromatic rings. The van der Waals surface area contributed by atoms with Gasteiger partial charge in [-0.25, -0.2) is 0 Å². The maximum absolute atomic E-state index is 12.0. The predicted octanol–water partition coefficient (Wildman–Crippen LogP) is 2.32. The van der Waals surface area contributed by atoms with Crippen LogP contribution in [0.1, 0.15) is 25.3 Å². The SMILES string of the molecule is CCC(CN)CC(=O)NCCc1ccc(OC(F)F)cc1. The number of alkyl halides is 2. The molecular weight excluding hydrogens is 278 g/mol. The largest absolute Gasteiger partial charge is 0.435 e. The number of nitrogens with two attached hydrogens (primary N) is 1. The van der Waals surface area contributed by atoms with Gasteiger partial charge in [-0.05, 0) is 36.6 Å². The van der Waals surface area contributed by atoms with Crippen molar-refractivity contribution in [2.75, 3.05) is 13.1 Å². The summed E-state index contributed by atoms with van der Waals surface area (Å²) in [7, 11) is 0. The maximum atomic E-state index is 12.0. The van der Waals surface area contributed by atoms with E-state index in [1.807, 2.05) is 6.92 Å². The number of amides is 1. The van der Waals surface area contributed by atoms with Gasteiger partial charge < -0.3 is 15.8 Å². The van der Waals surface area contributed by atoms with E-state index < -0.39 is 6.61 Å². The molecular formula is C15H22F2N2O2. The van der Waals surface area contributed by atoms with E-state index >= 15 is 0 Å². The molecule has 0 radical (unpaired) electrons. The van der Waals surface area contributed by atoms with E-state index in [-0.39, 0.29) is 17.6 Å². The summed E-state index contributed by atoms with van der Waals surface area (Å²) in [5, 5.41) is 2.83. The Kier molecular flexibility index (Phi) is 7.68. The van der Waals surface area contributed by atoms with Crippen LogP contribution in [0.4, 0.5) is 8.78 Å². The molecule has 0 aliphatic heterocycles. The Bertz CT molecular complexity index is 420. The summed E-state index contributed by atoms with van der Waals surface area (Å²) in [6.45, 7) is 0.210. The fraction of sp³-hybridized carbons (Fsp3) is 0.533. The van der Waals surface area contributed by atoms with Crippen LogP contribution in [0, 0.1) is 5.92 Å². The Balaban J connectivity index is 2.30. The molecule has 0 aliphatic carbocycles. The van der Waals surface area contributed by atoms with Crippen molar-refractivity contribution < 1.29 is 18.3 Å². The van der Waals surface area contributed by atoms with Gasteiger partial charge in [-0.1, -0.05) is 25.5 Å². The fourth-order valence-electron chi connectivity index (χ4n) is 1.91. The number of carbonyl (C=O) groups is 1. The lowest BCUT2D eigenvalue weighted by Gasteiger charge is -2.12. The van der Waals surface area contributed by atoms with Crippen molar-refractivity contribution in [2.45, 2.75) is 32.8 Å². The van der Waals surface area contributed by atoms with E-state index in [0.717, 1.165) is 12.0 Å². The Morgan fingerprint density at radius 3 is 2.52 bits per heavy atom. The Hall–Kier alpha value is -1.69. The molecule has 118 valence electrons. The summed E-state index contributed by atoms with van der Waals surface area (Å²) >= 11 is 0. The van der Waals surface area contributed by atoms with Crippen molar-refractivity contribution in [1.82, 2.24) is 5.32 Å². The minimum atomic E-state index is -2.82. The molecule has 21 heavy (non-hydrogen) atoms. The van der Waals surface area contributed by atoms with Crippen molar-refractivity contribution >= 4 is 5.91 Å². The van der Waals surface area contributed by atoms with E-state index in [1.165, 1.54) is 12.1 Å². The average molecular weight is 300 g/mol. The first-order valence-corrected chi connectivity index (χ1v) is 7.05. The Labute approximate surface area is 123 Å². The van der Waals surface area contributed by atoms with Gasteiger partial charge in [-0.3, -0.25) is 4.79 Å². The molecule has 6 heteroatoms. The summed E-state index contributed by atoms with van der Waals surface area (Å²) in [5.41, 5.74) is 6.50. The van der Waals surface area contributed by atoms with Gasteiger partial charge >= 0.3 is 6.61 Å². The van der Waals surface area contributed by atoms with E-state index in [9.17, 15) is 13.6 Å². The van der Waals surface area contributed by atoms with Crippen molar-refractivity contribution in [3.63, 3.8) is 0 Å². The highest BCUT2D eigenvalue weighted by molar-refractivity contribution is 5.76. The highest BCUT2D eigenvalue weighted by atomic mass is 19.3. The molecule has 0 aromatic heterocycles. The second-order valence-corrected chi connectivity index (χ2v) is 4.84. The fourth-order valence-corrected chi connectivity index (χ4v) is 1.91. The Morgan fingerprint density at radius 1 is 1.33 bits per heavy atom. The van der Waals surface area contributed by atoms with Gasteiger partial charge in [0.1, 0.15) is 5.75 Å². The first-order valence-electron chi connectivity index (χ1n) is 7.05. The Morgan fingerprint density at radius 2 is 2.00 bits per heavy atom. The summed E-state index contributed by atoms with van der Waals surface area (Å²) in [4.78, 5) is 11.7. The number of hydrogen-bond donors (Lipinski definition) is 2. The molecule has 0 aliphatic rings. The van der Waals surface area contributed by atoms with Crippen LogP contribution in [0.3, 0.4) is 0 Å². The van der Waals surface area contributed by atoms with E-state index in [4.69, 9.17) is 5.73 Å². The third-order valence-electron chi connectivity index (χ3n) is 3.27. The first-order chi connectivity index (χ1) is 10.0. The zero-order valence-corrected chi connectivity index (χ0v) is 12.1. The van der Waals surface area contributed by atoms with Gasteiger partial charge in [-0.15, -0.1) is 0 Å². The van der Waals surface area contributed by atoms with Gasteiger partial charge in [0.2, 0.25) is 5.91 Å². The molecule has 3 N–H and O–H groups in total. The van der Waals surface area contributed by atoms with Crippen LogP contribution in [-0.2, 0) is 11.2 Å². The van der Waals surface area contributed by atoms with Gasteiger partial charge in [0.05, 0.1) is 0 Å². The molecule has 1 rings (SSSR count). The zero-order valence-electron chi connectivity index (χ0n) is 12.1. The van der Waals surface area contributed by atoms with Crippen LogP contribution in [0.25, 0.3) is 0 Å². The maximum Gasteiger partial charge on any atom is 0.387 e. The number of rotatable bonds is 9. The minimum Gasteiger partial charge on any atom is -0.435 e. The molecule has 0 spiro atoms. The van der Waals surface area contributed by atoms with Crippen LogP contribution in [0.15, 0.2) is 24.3 Å². The molecule has 1 atom stereocenters. The number of hydrogen-bond acceptors (Lipinski definition) is 3. The third-order valence-corrected chi connectivity index (χ3v) is 3.27. The molecule has 1 amide bonds. The molecule has 0 heterocycles. The number of carbonyl (C=O) groups excluding carboxylic acids is 1. The zero-order chi connectivity index (χ0) is 15.7. The molecule has 0 saturated heterocycles. The van der Waals surface area contributed by atoms with Crippen LogP contribution >= 0.6 is 0 Å². The number of halogens is 2. The highest BCUT2D eigenvalue weighted by Gasteiger charge is 2.09. The van der Waals surface area contributed by atoms with Crippen molar-refractivity contribution in [3.8, 4) is 5.75 Å². The van der Waals surface area contributed by atoms with Crippen molar-refractivity contribution in [1.29, 1.82) is 0 Å². The second kappa shape index (κ2) is 9.28. The molecule has 0 fully saturated rings. The van der Waals surface area contributed by atoms with E-state index in [0.29, 0.717) is 25.9 Å². The minimum absolute atomic E-state index is 0.00930. The predicted molar refractivity (Wildman–Crippen MR) is 77.2 cm³/mol. The van der Waals surface area contributed by atoms with Gasteiger partial charge in [0, 0.05) is 13.0 Å². The normalized spacial score (nSPS) is 12.2. The highest BCUT2D eigenvalue weighted by Crippen LogP contribution is 2.15. The van der Waals surface area contributed by atoms with Crippen LogP contribution in [-0.4, -0.2) is 25.6 Å². The summed E-state index contributed by atoms with van der Waals surface area (Å²) in [6, 6.07) is 6.40. The lowest BCUT2D eigenvalue weighted by molar-refractivity contribution is -0.121. The standard InChI is InChI=1S/C15H22F2N2O2/c1-2-11(10-18)9-14(20)19-8-7-12-3-5-13(6-4-12)21-15(16)17/h3-6,11,15H,2,7-10,18H2,1H3,(H,19,20). The summed E-state index contributed by atoms with van der Waals surface area (Å²) in [6.07, 6.45) is 1.96.